The average molecular weight is 492 g/mol. The minimum Gasteiger partial charge on any atom is -0.384 e. The molecule has 184 valence electrons. The van der Waals surface area contributed by atoms with E-state index in [0.717, 1.165) is 68.7 Å². The molecular formula is C29H26FN7. The Morgan fingerprint density at radius 3 is 2.68 bits per heavy atom. The van der Waals surface area contributed by atoms with Gasteiger partial charge in [0.15, 0.2) is 5.65 Å². The Kier molecular flexibility index (Phi) is 5.86. The average Bonchev–Trinajstić information content (AvgIpc) is 3.52. The quantitative estimate of drug-likeness (QED) is 0.257. The smallest absolute Gasteiger partial charge is 0.155 e. The second-order valence-corrected chi connectivity index (χ2v) is 9.34. The summed E-state index contributed by atoms with van der Waals surface area (Å²) in [6.07, 6.45) is 5.39. The lowest BCUT2D eigenvalue weighted by molar-refractivity contribution is 0.425. The van der Waals surface area contributed by atoms with Crippen molar-refractivity contribution in [3.8, 4) is 33.6 Å². The monoisotopic (exact) mass is 491 g/mol. The van der Waals surface area contributed by atoms with Crippen molar-refractivity contribution in [1.82, 2.24) is 30.0 Å². The fraction of sp³-hybridized carbons (Fsp3) is 0.138. The zero-order chi connectivity index (χ0) is 25.4. The second kappa shape index (κ2) is 9.48. The number of benzene rings is 2. The van der Waals surface area contributed by atoms with Crippen LogP contribution in [0.2, 0.25) is 0 Å². The summed E-state index contributed by atoms with van der Waals surface area (Å²) >= 11 is 0. The molecule has 3 N–H and O–H groups in total. The first kappa shape index (κ1) is 22.9. The third-order valence-electron chi connectivity index (χ3n) is 6.43. The molecule has 7 nitrogen and oxygen atoms in total. The predicted octanol–water partition coefficient (Wildman–Crippen LogP) is 5.95. The van der Waals surface area contributed by atoms with Gasteiger partial charge in [-0.05, 0) is 67.7 Å². The van der Waals surface area contributed by atoms with Crippen LogP contribution in [0.5, 0.6) is 0 Å². The molecule has 2 aromatic carbocycles. The van der Waals surface area contributed by atoms with Crippen LogP contribution < -0.4 is 5.32 Å². The lowest BCUT2D eigenvalue weighted by Gasteiger charge is -2.13. The molecule has 4 heterocycles. The van der Waals surface area contributed by atoms with Gasteiger partial charge in [0.05, 0.1) is 5.69 Å². The standard InChI is InChI=1S/C29H26FN7/c1-37(2)10-9-32-22-12-19(11-21(30)14-22)23-6-3-7-26-24(23)15-27(34-26)28-25-13-20(17-33-29(25)36-35-28)18-5-4-8-31-16-18/h3-8,11-17,32,34H,9-10H2,1-2H3,(H,33,35,36). The molecule has 0 bridgehead atoms. The molecule has 37 heavy (non-hydrogen) atoms. The van der Waals surface area contributed by atoms with Crippen LogP contribution in [-0.2, 0) is 0 Å². The summed E-state index contributed by atoms with van der Waals surface area (Å²) in [5.74, 6) is -0.273. The summed E-state index contributed by atoms with van der Waals surface area (Å²) in [7, 11) is 4.03. The van der Waals surface area contributed by atoms with Crippen LogP contribution in [0.15, 0.2) is 79.3 Å². The number of H-pyrrole nitrogens is 2. The van der Waals surface area contributed by atoms with Gasteiger partial charge in [0.2, 0.25) is 0 Å². The number of hydrogen-bond donors (Lipinski definition) is 3. The highest BCUT2D eigenvalue weighted by molar-refractivity contribution is 6.01. The summed E-state index contributed by atoms with van der Waals surface area (Å²) in [5, 5.41) is 12.8. The lowest BCUT2D eigenvalue weighted by atomic mass is 10.0. The highest BCUT2D eigenvalue weighted by Gasteiger charge is 2.15. The number of aromatic amines is 2. The number of anilines is 1. The Labute approximate surface area is 213 Å². The topological polar surface area (TPSA) is 85.5 Å². The molecular weight excluding hydrogens is 465 g/mol. The van der Waals surface area contributed by atoms with E-state index in [4.69, 9.17) is 0 Å². The van der Waals surface area contributed by atoms with Gasteiger partial charge in [-0.3, -0.25) is 10.1 Å². The van der Waals surface area contributed by atoms with E-state index >= 15 is 0 Å². The van der Waals surface area contributed by atoms with E-state index in [2.05, 4.69) is 47.5 Å². The lowest BCUT2D eigenvalue weighted by Crippen LogP contribution is -2.20. The fourth-order valence-electron chi connectivity index (χ4n) is 4.61. The highest BCUT2D eigenvalue weighted by atomic mass is 19.1. The van der Waals surface area contributed by atoms with E-state index in [1.807, 2.05) is 62.9 Å². The molecule has 0 aliphatic rings. The zero-order valence-corrected chi connectivity index (χ0v) is 20.6. The molecule has 8 heteroatoms. The fourth-order valence-corrected chi connectivity index (χ4v) is 4.61. The molecule has 0 fully saturated rings. The van der Waals surface area contributed by atoms with Crippen molar-refractivity contribution in [1.29, 1.82) is 0 Å². The maximum Gasteiger partial charge on any atom is 0.155 e. The Balaban J connectivity index is 1.41. The largest absolute Gasteiger partial charge is 0.384 e. The van der Waals surface area contributed by atoms with E-state index in [-0.39, 0.29) is 5.82 Å². The third-order valence-corrected chi connectivity index (χ3v) is 6.43. The van der Waals surface area contributed by atoms with Crippen molar-refractivity contribution in [2.24, 2.45) is 0 Å². The molecule has 0 atom stereocenters. The second-order valence-electron chi connectivity index (χ2n) is 9.34. The van der Waals surface area contributed by atoms with E-state index in [9.17, 15) is 4.39 Å². The SMILES string of the molecule is CN(C)CCNc1cc(F)cc(-c2cccc3[nH]c(-c4n[nH]c5ncc(-c6cccnc6)cc45)cc23)c1. The molecule has 0 aliphatic heterocycles. The summed E-state index contributed by atoms with van der Waals surface area (Å²) in [6.45, 7) is 1.59. The molecule has 0 aliphatic carbocycles. The molecule has 4 aromatic heterocycles. The zero-order valence-electron chi connectivity index (χ0n) is 20.6. The Morgan fingerprint density at radius 2 is 1.84 bits per heavy atom. The summed E-state index contributed by atoms with van der Waals surface area (Å²) < 4.78 is 14.6. The third kappa shape index (κ3) is 4.54. The van der Waals surface area contributed by atoms with Gasteiger partial charge in [0.25, 0.3) is 0 Å². The molecule has 6 rings (SSSR count). The molecule has 0 spiro atoms. The number of pyridine rings is 2. The molecule has 0 saturated heterocycles. The van der Waals surface area contributed by atoms with Gasteiger partial charge in [0.1, 0.15) is 11.5 Å². The van der Waals surface area contributed by atoms with Gasteiger partial charge >= 0.3 is 0 Å². The van der Waals surface area contributed by atoms with Crippen LogP contribution in [0.25, 0.3) is 55.6 Å². The summed E-state index contributed by atoms with van der Waals surface area (Å²) in [5.41, 5.74) is 7.78. The van der Waals surface area contributed by atoms with Crippen LogP contribution in [0.3, 0.4) is 0 Å². The van der Waals surface area contributed by atoms with Gasteiger partial charge < -0.3 is 15.2 Å². The van der Waals surface area contributed by atoms with Crippen LogP contribution >= 0.6 is 0 Å². The first-order chi connectivity index (χ1) is 18.0. The number of halogens is 1. The van der Waals surface area contributed by atoms with Crippen molar-refractivity contribution in [2.75, 3.05) is 32.5 Å². The van der Waals surface area contributed by atoms with Crippen molar-refractivity contribution >= 4 is 27.6 Å². The summed E-state index contributed by atoms with van der Waals surface area (Å²) in [6, 6.07) is 19.2. The van der Waals surface area contributed by atoms with Crippen molar-refractivity contribution < 1.29 is 4.39 Å². The summed E-state index contributed by atoms with van der Waals surface area (Å²) in [4.78, 5) is 14.4. The number of nitrogens with zero attached hydrogens (tertiary/aromatic N) is 4. The maximum atomic E-state index is 14.6. The Morgan fingerprint density at radius 1 is 0.919 bits per heavy atom. The molecule has 0 amide bonds. The van der Waals surface area contributed by atoms with Crippen molar-refractivity contribution in [3.63, 3.8) is 0 Å². The molecule has 0 unspecified atom stereocenters. The number of aromatic nitrogens is 5. The molecule has 6 aromatic rings. The van der Waals surface area contributed by atoms with Crippen molar-refractivity contribution in [3.05, 3.63) is 85.1 Å². The number of rotatable bonds is 7. The van der Waals surface area contributed by atoms with Crippen LogP contribution in [0, 0.1) is 5.82 Å². The highest BCUT2D eigenvalue weighted by Crippen LogP contribution is 2.35. The van der Waals surface area contributed by atoms with Gasteiger partial charge in [-0.2, -0.15) is 5.10 Å². The molecule has 0 radical (unpaired) electrons. The predicted molar refractivity (Wildman–Crippen MR) is 147 cm³/mol. The Bertz CT molecular complexity index is 1700. The number of hydrogen-bond acceptors (Lipinski definition) is 5. The van der Waals surface area contributed by atoms with E-state index in [0.29, 0.717) is 5.65 Å². The number of fused-ring (bicyclic) bond motifs is 2. The van der Waals surface area contributed by atoms with Gasteiger partial charge in [0, 0.05) is 64.8 Å². The number of nitrogens with one attached hydrogen (secondary N) is 3. The van der Waals surface area contributed by atoms with Crippen LogP contribution in [0.1, 0.15) is 0 Å². The first-order valence-electron chi connectivity index (χ1n) is 12.1. The van der Waals surface area contributed by atoms with Gasteiger partial charge in [-0.1, -0.05) is 18.2 Å². The van der Waals surface area contributed by atoms with E-state index in [1.54, 1.807) is 12.3 Å². The van der Waals surface area contributed by atoms with Crippen LogP contribution in [0.4, 0.5) is 10.1 Å². The van der Waals surface area contributed by atoms with Gasteiger partial charge in [-0.25, -0.2) is 9.37 Å². The number of likely N-dealkylation sites (N-methyl/N-ethyl adjacent to an activating group) is 1. The van der Waals surface area contributed by atoms with E-state index in [1.165, 1.54) is 6.07 Å². The molecule has 0 saturated carbocycles. The van der Waals surface area contributed by atoms with E-state index < -0.39 is 0 Å². The van der Waals surface area contributed by atoms with Crippen molar-refractivity contribution in [2.45, 2.75) is 0 Å². The maximum absolute atomic E-state index is 14.6. The normalized spacial score (nSPS) is 11.6. The Hall–Kier alpha value is -4.56. The minimum absolute atomic E-state index is 0.273. The minimum atomic E-state index is -0.273. The van der Waals surface area contributed by atoms with Crippen LogP contribution in [-0.4, -0.2) is 57.2 Å². The first-order valence-corrected chi connectivity index (χ1v) is 12.1. The van der Waals surface area contributed by atoms with Gasteiger partial charge in [-0.15, -0.1) is 0 Å².